The molecule has 0 saturated heterocycles. The van der Waals surface area contributed by atoms with Crippen molar-refractivity contribution < 1.29 is 9.90 Å². The van der Waals surface area contributed by atoms with Gasteiger partial charge >= 0.3 is 0 Å². The minimum absolute atomic E-state index is 0.0577. The molecule has 2 heterocycles. The van der Waals surface area contributed by atoms with Crippen molar-refractivity contribution in [1.29, 1.82) is 0 Å². The van der Waals surface area contributed by atoms with Gasteiger partial charge in [0.05, 0.1) is 5.69 Å². The van der Waals surface area contributed by atoms with E-state index < -0.39 is 5.54 Å². The Morgan fingerprint density at radius 2 is 2.11 bits per heavy atom. The van der Waals surface area contributed by atoms with E-state index in [0.717, 1.165) is 5.69 Å². The lowest BCUT2D eigenvalue weighted by atomic mass is 10.0. The van der Waals surface area contributed by atoms with Gasteiger partial charge in [-0.2, -0.15) is 0 Å². The first kappa shape index (κ1) is 13.8. The fraction of sp³-hybridized carbons (Fsp3) is 0.357. The molecule has 1 amide bonds. The number of nitrogens with one attached hydrogen (secondary N) is 1. The Morgan fingerprint density at radius 1 is 1.42 bits per heavy atom. The Bertz CT molecular complexity index is 544. The van der Waals surface area contributed by atoms with E-state index in [0.29, 0.717) is 11.3 Å². The number of thiophene rings is 1. The third kappa shape index (κ3) is 3.24. The Morgan fingerprint density at radius 3 is 2.74 bits per heavy atom. The van der Waals surface area contributed by atoms with E-state index >= 15 is 0 Å². The van der Waals surface area contributed by atoms with Crippen LogP contribution in [0.4, 0.5) is 0 Å². The number of aromatic nitrogens is 1. The molecule has 0 unspecified atom stereocenters. The van der Waals surface area contributed by atoms with Gasteiger partial charge in [-0.1, -0.05) is 0 Å². The van der Waals surface area contributed by atoms with E-state index in [4.69, 9.17) is 5.11 Å². The van der Waals surface area contributed by atoms with Crippen LogP contribution >= 0.6 is 11.3 Å². The molecule has 0 atom stereocenters. The number of aliphatic hydroxyl groups is 1. The molecular weight excluding hydrogens is 260 g/mol. The van der Waals surface area contributed by atoms with Gasteiger partial charge in [0.1, 0.15) is 4.88 Å². The molecular formula is C14H18N2O2S. The zero-order valence-electron chi connectivity index (χ0n) is 11.1. The summed E-state index contributed by atoms with van der Waals surface area (Å²) in [7, 11) is 0. The Labute approximate surface area is 116 Å². The third-order valence-electron chi connectivity index (χ3n) is 2.92. The Balaban J connectivity index is 2.19. The molecule has 0 aliphatic carbocycles. The minimum Gasteiger partial charge on any atom is -0.396 e. The highest BCUT2D eigenvalue weighted by molar-refractivity contribution is 7.12. The highest BCUT2D eigenvalue weighted by Crippen LogP contribution is 2.22. The molecule has 5 heteroatoms. The van der Waals surface area contributed by atoms with Crippen molar-refractivity contribution in [3.63, 3.8) is 0 Å². The lowest BCUT2D eigenvalue weighted by Gasteiger charge is -2.25. The van der Waals surface area contributed by atoms with Gasteiger partial charge in [-0.3, -0.25) is 4.79 Å². The number of hydrogen-bond donors (Lipinski definition) is 2. The molecule has 2 rings (SSSR count). The maximum atomic E-state index is 12.3. The summed E-state index contributed by atoms with van der Waals surface area (Å²) in [6.45, 7) is 3.87. The summed E-state index contributed by atoms with van der Waals surface area (Å²) < 4.78 is 1.92. The number of carbonyl (C=O) groups is 1. The van der Waals surface area contributed by atoms with Crippen LogP contribution in [0, 0.1) is 0 Å². The van der Waals surface area contributed by atoms with Crippen LogP contribution in [-0.2, 0) is 0 Å². The SMILES string of the molecule is CC(C)(CCO)NC(=O)c1sccc1-n1cccc1. The molecule has 0 saturated carbocycles. The summed E-state index contributed by atoms with van der Waals surface area (Å²) in [5.74, 6) is -0.0999. The fourth-order valence-electron chi connectivity index (χ4n) is 1.88. The number of rotatable bonds is 5. The van der Waals surface area contributed by atoms with Gasteiger partial charge in [0, 0.05) is 24.5 Å². The van der Waals surface area contributed by atoms with Crippen molar-refractivity contribution in [2.24, 2.45) is 0 Å². The van der Waals surface area contributed by atoms with Gasteiger partial charge in [0.25, 0.3) is 5.91 Å². The molecule has 0 bridgehead atoms. The standard InChI is InChI=1S/C14H18N2O2S/c1-14(2,6-9-17)15-13(18)12-11(5-10-19-12)16-7-3-4-8-16/h3-5,7-8,10,17H,6,9H2,1-2H3,(H,15,18). The van der Waals surface area contributed by atoms with Crippen molar-refractivity contribution in [2.45, 2.75) is 25.8 Å². The summed E-state index contributed by atoms with van der Waals surface area (Å²) in [6.07, 6.45) is 4.36. The summed E-state index contributed by atoms with van der Waals surface area (Å²) in [6, 6.07) is 5.78. The lowest BCUT2D eigenvalue weighted by Crippen LogP contribution is -2.44. The molecule has 0 aliphatic heterocycles. The van der Waals surface area contributed by atoms with Crippen molar-refractivity contribution in [3.8, 4) is 5.69 Å². The van der Waals surface area contributed by atoms with Gasteiger partial charge < -0.3 is 15.0 Å². The largest absolute Gasteiger partial charge is 0.396 e. The molecule has 2 N–H and O–H groups in total. The summed E-state index contributed by atoms with van der Waals surface area (Å²) in [5.41, 5.74) is 0.469. The third-order valence-corrected chi connectivity index (χ3v) is 3.82. The second-order valence-electron chi connectivity index (χ2n) is 5.04. The van der Waals surface area contributed by atoms with E-state index in [1.54, 1.807) is 0 Å². The molecule has 0 radical (unpaired) electrons. The first-order valence-corrected chi connectivity index (χ1v) is 7.06. The smallest absolute Gasteiger partial charge is 0.263 e. The average molecular weight is 278 g/mol. The van der Waals surface area contributed by atoms with Crippen LogP contribution in [0.2, 0.25) is 0 Å². The maximum absolute atomic E-state index is 12.3. The average Bonchev–Trinajstić information content (AvgIpc) is 2.99. The number of aliphatic hydroxyl groups excluding tert-OH is 1. The van der Waals surface area contributed by atoms with Crippen molar-refractivity contribution in [1.82, 2.24) is 9.88 Å². The molecule has 0 aromatic carbocycles. The van der Waals surface area contributed by atoms with Crippen LogP contribution in [0.25, 0.3) is 5.69 Å². The van der Waals surface area contributed by atoms with Crippen LogP contribution in [0.3, 0.4) is 0 Å². The molecule has 4 nitrogen and oxygen atoms in total. The first-order valence-electron chi connectivity index (χ1n) is 6.18. The summed E-state index contributed by atoms with van der Waals surface area (Å²) in [5, 5.41) is 13.9. The highest BCUT2D eigenvalue weighted by Gasteiger charge is 2.23. The van der Waals surface area contributed by atoms with E-state index in [2.05, 4.69) is 5.32 Å². The molecule has 19 heavy (non-hydrogen) atoms. The molecule has 102 valence electrons. The van der Waals surface area contributed by atoms with Crippen LogP contribution in [-0.4, -0.2) is 27.7 Å². The second-order valence-corrected chi connectivity index (χ2v) is 5.95. The Hall–Kier alpha value is -1.59. The summed E-state index contributed by atoms with van der Waals surface area (Å²) >= 11 is 1.42. The zero-order chi connectivity index (χ0) is 13.9. The topological polar surface area (TPSA) is 54.3 Å². The predicted molar refractivity (Wildman–Crippen MR) is 76.9 cm³/mol. The van der Waals surface area contributed by atoms with Crippen LogP contribution in [0.1, 0.15) is 29.9 Å². The molecule has 0 aliphatic rings. The Kier molecular flexibility index (Phi) is 4.07. The minimum atomic E-state index is -0.413. The van der Waals surface area contributed by atoms with Crippen molar-refractivity contribution >= 4 is 17.2 Å². The van der Waals surface area contributed by atoms with E-state index in [9.17, 15) is 4.79 Å². The van der Waals surface area contributed by atoms with Crippen molar-refractivity contribution in [2.75, 3.05) is 6.61 Å². The van der Waals surface area contributed by atoms with Crippen LogP contribution in [0.15, 0.2) is 36.0 Å². The number of nitrogens with zero attached hydrogens (tertiary/aromatic N) is 1. The van der Waals surface area contributed by atoms with Crippen LogP contribution in [0.5, 0.6) is 0 Å². The quantitative estimate of drug-likeness (QED) is 0.882. The number of amides is 1. The van der Waals surface area contributed by atoms with E-state index in [-0.39, 0.29) is 12.5 Å². The highest BCUT2D eigenvalue weighted by atomic mass is 32.1. The second kappa shape index (κ2) is 5.59. The monoisotopic (exact) mass is 278 g/mol. The van der Waals surface area contributed by atoms with Gasteiger partial charge in [-0.25, -0.2) is 0 Å². The number of carbonyl (C=O) groups excluding carboxylic acids is 1. The van der Waals surface area contributed by atoms with Crippen molar-refractivity contribution in [3.05, 3.63) is 40.8 Å². The maximum Gasteiger partial charge on any atom is 0.263 e. The molecule has 0 spiro atoms. The van der Waals surface area contributed by atoms with Gasteiger partial charge in [-0.15, -0.1) is 11.3 Å². The van der Waals surface area contributed by atoms with E-state index in [1.807, 2.05) is 54.4 Å². The first-order chi connectivity index (χ1) is 9.03. The molecule has 2 aromatic heterocycles. The normalized spacial score (nSPS) is 11.5. The zero-order valence-corrected chi connectivity index (χ0v) is 11.9. The van der Waals surface area contributed by atoms with Gasteiger partial charge in [0.2, 0.25) is 0 Å². The number of hydrogen-bond acceptors (Lipinski definition) is 3. The fourth-order valence-corrected chi connectivity index (χ4v) is 2.66. The molecule has 0 fully saturated rings. The predicted octanol–water partition coefficient (Wildman–Crippen LogP) is 2.43. The van der Waals surface area contributed by atoms with E-state index in [1.165, 1.54) is 11.3 Å². The summed E-state index contributed by atoms with van der Waals surface area (Å²) in [4.78, 5) is 13.0. The van der Waals surface area contributed by atoms with Gasteiger partial charge in [-0.05, 0) is 43.8 Å². The molecule has 2 aromatic rings. The lowest BCUT2D eigenvalue weighted by molar-refractivity contribution is 0.0904. The van der Waals surface area contributed by atoms with Crippen LogP contribution < -0.4 is 5.32 Å². The van der Waals surface area contributed by atoms with Gasteiger partial charge in [0.15, 0.2) is 0 Å².